The number of morpholine rings is 1. The van der Waals surface area contributed by atoms with Gasteiger partial charge >= 0.3 is 0 Å². The van der Waals surface area contributed by atoms with Gasteiger partial charge in [-0.05, 0) is 33.9 Å². The van der Waals surface area contributed by atoms with Crippen LogP contribution in [0.1, 0.15) is 20.3 Å². The Hall–Kier alpha value is -0.160. The summed E-state index contributed by atoms with van der Waals surface area (Å²) in [6.45, 7) is 8.23. The summed E-state index contributed by atoms with van der Waals surface area (Å²) in [5, 5.41) is 12.8. The Balaban J connectivity index is 2.04. The van der Waals surface area contributed by atoms with E-state index in [2.05, 4.69) is 17.3 Å². The summed E-state index contributed by atoms with van der Waals surface area (Å²) < 4.78 is 5.61. The van der Waals surface area contributed by atoms with E-state index in [0.29, 0.717) is 6.10 Å². The number of hydrogen-bond acceptors (Lipinski definition) is 4. The van der Waals surface area contributed by atoms with E-state index in [0.717, 1.165) is 39.2 Å². The molecule has 1 saturated heterocycles. The van der Waals surface area contributed by atoms with Crippen LogP contribution in [0.3, 0.4) is 0 Å². The van der Waals surface area contributed by atoms with Crippen molar-refractivity contribution in [1.29, 1.82) is 0 Å². The van der Waals surface area contributed by atoms with Crippen LogP contribution in [0, 0.1) is 0 Å². The molecule has 0 aromatic heterocycles. The fraction of sp³-hybridized carbons (Fsp3) is 1.00. The van der Waals surface area contributed by atoms with E-state index in [4.69, 9.17) is 4.74 Å². The predicted octanol–water partition coefficient (Wildman–Crippen LogP) is 0.0676. The van der Waals surface area contributed by atoms with Crippen molar-refractivity contribution in [3.8, 4) is 0 Å². The fourth-order valence-corrected chi connectivity index (χ4v) is 1.65. The normalized spacial score (nSPS) is 24.4. The van der Waals surface area contributed by atoms with Crippen LogP contribution in [0.15, 0.2) is 0 Å². The lowest BCUT2D eigenvalue weighted by Gasteiger charge is -2.30. The van der Waals surface area contributed by atoms with Crippen molar-refractivity contribution < 1.29 is 9.84 Å². The largest absolute Gasteiger partial charge is 0.390 e. The zero-order valence-corrected chi connectivity index (χ0v) is 10.1. The van der Waals surface area contributed by atoms with Crippen LogP contribution in [0.2, 0.25) is 0 Å². The first-order valence-electron chi connectivity index (χ1n) is 5.70. The molecule has 1 aliphatic heterocycles. The average molecular weight is 216 g/mol. The van der Waals surface area contributed by atoms with Gasteiger partial charge in [0.15, 0.2) is 0 Å². The molecule has 1 heterocycles. The second kappa shape index (κ2) is 5.80. The number of nitrogens with one attached hydrogen (secondary N) is 1. The van der Waals surface area contributed by atoms with E-state index in [1.165, 1.54) is 0 Å². The molecule has 1 aliphatic rings. The van der Waals surface area contributed by atoms with Gasteiger partial charge in [-0.3, -0.25) is 0 Å². The number of aliphatic hydroxyl groups is 1. The summed E-state index contributed by atoms with van der Waals surface area (Å²) in [5.74, 6) is 0. The summed E-state index contributed by atoms with van der Waals surface area (Å²) in [4.78, 5) is 2.28. The molecule has 90 valence electrons. The molecule has 0 aromatic carbocycles. The Morgan fingerprint density at radius 2 is 2.27 bits per heavy atom. The zero-order valence-electron chi connectivity index (χ0n) is 10.1. The van der Waals surface area contributed by atoms with Crippen LogP contribution >= 0.6 is 0 Å². The summed E-state index contributed by atoms with van der Waals surface area (Å²) in [5.41, 5.74) is -0.572. The standard InChI is InChI=1S/C11H24N2O2/c1-11(2,14)4-5-12-8-10-9-13(3)6-7-15-10/h10,12,14H,4-9H2,1-3H3. The Morgan fingerprint density at radius 3 is 2.87 bits per heavy atom. The molecular weight excluding hydrogens is 192 g/mol. The van der Waals surface area contributed by atoms with Crippen molar-refractivity contribution in [3.63, 3.8) is 0 Å². The molecule has 0 radical (unpaired) electrons. The molecule has 0 spiro atoms. The maximum Gasteiger partial charge on any atom is 0.0826 e. The highest BCUT2D eigenvalue weighted by Crippen LogP contribution is 2.05. The highest BCUT2D eigenvalue weighted by Gasteiger charge is 2.17. The van der Waals surface area contributed by atoms with Crippen molar-refractivity contribution in [2.24, 2.45) is 0 Å². The predicted molar refractivity (Wildman–Crippen MR) is 61.0 cm³/mol. The molecule has 0 amide bonds. The van der Waals surface area contributed by atoms with Crippen molar-refractivity contribution >= 4 is 0 Å². The molecule has 4 heteroatoms. The molecule has 1 rings (SSSR count). The molecular formula is C11H24N2O2. The van der Waals surface area contributed by atoms with Crippen LogP contribution in [0.5, 0.6) is 0 Å². The van der Waals surface area contributed by atoms with E-state index in [1.54, 1.807) is 0 Å². The van der Waals surface area contributed by atoms with Crippen molar-refractivity contribution in [1.82, 2.24) is 10.2 Å². The Kier molecular flexibility index (Phi) is 4.99. The minimum absolute atomic E-state index is 0.297. The molecule has 1 unspecified atom stereocenters. The van der Waals surface area contributed by atoms with Crippen molar-refractivity contribution in [2.75, 3.05) is 39.8 Å². The van der Waals surface area contributed by atoms with Gasteiger partial charge < -0.3 is 20.1 Å². The van der Waals surface area contributed by atoms with E-state index in [1.807, 2.05) is 13.8 Å². The molecule has 0 aromatic rings. The Labute approximate surface area is 92.6 Å². The van der Waals surface area contributed by atoms with Gasteiger partial charge in [-0.1, -0.05) is 0 Å². The molecule has 15 heavy (non-hydrogen) atoms. The molecule has 0 aliphatic carbocycles. The van der Waals surface area contributed by atoms with Gasteiger partial charge in [0.25, 0.3) is 0 Å². The van der Waals surface area contributed by atoms with Crippen LogP contribution in [0.4, 0.5) is 0 Å². The SMILES string of the molecule is CN1CCOC(CNCCC(C)(C)O)C1. The lowest BCUT2D eigenvalue weighted by atomic mass is 10.1. The smallest absolute Gasteiger partial charge is 0.0826 e. The maximum absolute atomic E-state index is 9.52. The molecule has 4 nitrogen and oxygen atoms in total. The van der Waals surface area contributed by atoms with Gasteiger partial charge in [0, 0.05) is 19.6 Å². The lowest BCUT2D eigenvalue weighted by molar-refractivity contribution is -0.0188. The first kappa shape index (κ1) is 12.9. The second-order valence-electron chi connectivity index (χ2n) is 5.02. The van der Waals surface area contributed by atoms with E-state index in [9.17, 15) is 5.11 Å². The lowest BCUT2D eigenvalue weighted by Crippen LogP contribution is -2.45. The molecule has 1 atom stereocenters. The van der Waals surface area contributed by atoms with E-state index in [-0.39, 0.29) is 0 Å². The number of nitrogens with zero attached hydrogens (tertiary/aromatic N) is 1. The first-order valence-corrected chi connectivity index (χ1v) is 5.70. The van der Waals surface area contributed by atoms with Gasteiger partial charge in [0.05, 0.1) is 18.3 Å². The Morgan fingerprint density at radius 1 is 1.53 bits per heavy atom. The summed E-state index contributed by atoms with van der Waals surface area (Å²) >= 11 is 0. The highest BCUT2D eigenvalue weighted by molar-refractivity contribution is 4.72. The van der Waals surface area contributed by atoms with E-state index >= 15 is 0 Å². The number of hydrogen-bond donors (Lipinski definition) is 2. The minimum atomic E-state index is -0.572. The third-order valence-electron chi connectivity index (χ3n) is 2.63. The minimum Gasteiger partial charge on any atom is -0.390 e. The molecule has 0 bridgehead atoms. The Bertz CT molecular complexity index is 180. The quantitative estimate of drug-likeness (QED) is 0.638. The fourth-order valence-electron chi connectivity index (χ4n) is 1.65. The van der Waals surface area contributed by atoms with Crippen LogP contribution in [0.25, 0.3) is 0 Å². The summed E-state index contributed by atoms with van der Waals surface area (Å²) in [6, 6.07) is 0. The van der Waals surface area contributed by atoms with Crippen molar-refractivity contribution in [3.05, 3.63) is 0 Å². The summed E-state index contributed by atoms with van der Waals surface area (Å²) in [6.07, 6.45) is 1.07. The second-order valence-corrected chi connectivity index (χ2v) is 5.02. The molecule has 0 saturated carbocycles. The van der Waals surface area contributed by atoms with Crippen LogP contribution in [-0.2, 0) is 4.74 Å². The van der Waals surface area contributed by atoms with Gasteiger partial charge in [-0.15, -0.1) is 0 Å². The average Bonchev–Trinajstić information content (AvgIpc) is 2.11. The highest BCUT2D eigenvalue weighted by atomic mass is 16.5. The third-order valence-corrected chi connectivity index (χ3v) is 2.63. The van der Waals surface area contributed by atoms with Crippen LogP contribution in [-0.4, -0.2) is 61.5 Å². The van der Waals surface area contributed by atoms with Gasteiger partial charge in [0.1, 0.15) is 0 Å². The maximum atomic E-state index is 9.52. The third kappa shape index (κ3) is 6.10. The number of ether oxygens (including phenoxy) is 1. The molecule has 2 N–H and O–H groups in total. The van der Waals surface area contributed by atoms with Gasteiger partial charge in [-0.2, -0.15) is 0 Å². The summed E-state index contributed by atoms with van der Waals surface area (Å²) in [7, 11) is 2.12. The van der Waals surface area contributed by atoms with Crippen LogP contribution < -0.4 is 5.32 Å². The zero-order chi connectivity index (χ0) is 11.3. The topological polar surface area (TPSA) is 44.7 Å². The number of likely N-dealkylation sites (N-methyl/N-ethyl adjacent to an activating group) is 1. The van der Waals surface area contributed by atoms with Gasteiger partial charge in [0.2, 0.25) is 0 Å². The van der Waals surface area contributed by atoms with Gasteiger partial charge in [-0.25, -0.2) is 0 Å². The first-order chi connectivity index (χ1) is 6.97. The number of rotatable bonds is 5. The van der Waals surface area contributed by atoms with E-state index < -0.39 is 5.60 Å². The molecule has 1 fully saturated rings. The van der Waals surface area contributed by atoms with Crippen molar-refractivity contribution in [2.45, 2.75) is 32.0 Å². The monoisotopic (exact) mass is 216 g/mol.